The summed E-state index contributed by atoms with van der Waals surface area (Å²) in [6.07, 6.45) is 2.37. The van der Waals surface area contributed by atoms with E-state index in [1.807, 2.05) is 43.3 Å². The van der Waals surface area contributed by atoms with Gasteiger partial charge in [-0.3, -0.25) is 5.43 Å². The number of carbonyl (C=O) groups is 1. The van der Waals surface area contributed by atoms with E-state index in [1.165, 1.54) is 0 Å². The van der Waals surface area contributed by atoms with E-state index in [0.29, 0.717) is 11.3 Å². The summed E-state index contributed by atoms with van der Waals surface area (Å²) in [4.78, 5) is 12.7. The SMILES string of the molecule is Cc1c(C(=O)Oc2ccc3ccccc3c2)oc2c1/C(=N/NC(N)=S)CCC2. The van der Waals surface area contributed by atoms with Gasteiger partial charge in [0.15, 0.2) is 5.11 Å². The molecule has 2 aromatic carbocycles. The molecule has 1 aromatic heterocycles. The maximum Gasteiger partial charge on any atom is 0.379 e. The van der Waals surface area contributed by atoms with E-state index in [-0.39, 0.29) is 10.9 Å². The molecule has 0 bridgehead atoms. The van der Waals surface area contributed by atoms with Gasteiger partial charge in [-0.05, 0) is 54.9 Å². The average Bonchev–Trinajstić information content (AvgIpc) is 3.03. The predicted molar refractivity (Wildman–Crippen MR) is 112 cm³/mol. The Hall–Kier alpha value is -3.19. The van der Waals surface area contributed by atoms with Gasteiger partial charge in [0, 0.05) is 17.5 Å². The highest BCUT2D eigenvalue weighted by atomic mass is 32.1. The Morgan fingerprint density at radius 3 is 2.79 bits per heavy atom. The number of carbonyl (C=O) groups excluding carboxylic acids is 1. The molecule has 1 heterocycles. The lowest BCUT2D eigenvalue weighted by atomic mass is 9.93. The van der Waals surface area contributed by atoms with Crippen LogP contribution in [0.4, 0.5) is 0 Å². The third-order valence-corrected chi connectivity index (χ3v) is 4.83. The minimum Gasteiger partial charge on any atom is -0.453 e. The number of furan rings is 1. The summed E-state index contributed by atoms with van der Waals surface area (Å²) in [5.41, 5.74) is 10.4. The van der Waals surface area contributed by atoms with Gasteiger partial charge in [-0.2, -0.15) is 5.10 Å². The summed E-state index contributed by atoms with van der Waals surface area (Å²) in [5.74, 6) is 0.881. The van der Waals surface area contributed by atoms with E-state index in [4.69, 9.17) is 27.1 Å². The lowest BCUT2D eigenvalue weighted by Gasteiger charge is -2.13. The van der Waals surface area contributed by atoms with Gasteiger partial charge in [-0.25, -0.2) is 4.79 Å². The number of aryl methyl sites for hydroxylation is 1. The molecule has 142 valence electrons. The summed E-state index contributed by atoms with van der Waals surface area (Å²) in [7, 11) is 0. The van der Waals surface area contributed by atoms with Crippen molar-refractivity contribution in [2.45, 2.75) is 26.2 Å². The Labute approximate surface area is 167 Å². The standard InChI is InChI=1S/C21H19N3O3S/c1-12-18-16(23-24-21(22)28)7-4-8-17(18)27-19(12)20(25)26-15-10-9-13-5-2-3-6-14(13)11-15/h2-3,5-6,9-11H,4,7-8H2,1H3,(H3,22,24,28)/b23-16+. The van der Waals surface area contributed by atoms with Gasteiger partial charge in [0.05, 0.1) is 5.71 Å². The first-order chi connectivity index (χ1) is 13.5. The number of esters is 1. The molecular formula is C21H19N3O3S. The fourth-order valence-electron chi connectivity index (χ4n) is 3.48. The van der Waals surface area contributed by atoms with Crippen LogP contribution in [-0.4, -0.2) is 16.8 Å². The van der Waals surface area contributed by atoms with Crippen LogP contribution in [0.2, 0.25) is 0 Å². The predicted octanol–water partition coefficient (Wildman–Crippen LogP) is 3.83. The van der Waals surface area contributed by atoms with Crippen LogP contribution in [-0.2, 0) is 6.42 Å². The van der Waals surface area contributed by atoms with Crippen LogP contribution >= 0.6 is 12.2 Å². The highest BCUT2D eigenvalue weighted by molar-refractivity contribution is 7.80. The molecule has 0 radical (unpaired) electrons. The molecule has 0 aliphatic heterocycles. The quantitative estimate of drug-likeness (QED) is 0.304. The van der Waals surface area contributed by atoms with Gasteiger partial charge in [0.2, 0.25) is 5.76 Å². The second-order valence-electron chi connectivity index (χ2n) is 6.64. The van der Waals surface area contributed by atoms with E-state index >= 15 is 0 Å². The molecule has 0 fully saturated rings. The first kappa shape index (κ1) is 18.2. The molecule has 0 spiro atoms. The van der Waals surface area contributed by atoms with Crippen LogP contribution in [0.3, 0.4) is 0 Å². The average molecular weight is 393 g/mol. The number of ether oxygens (including phenoxy) is 1. The van der Waals surface area contributed by atoms with Crippen molar-refractivity contribution in [2.24, 2.45) is 10.8 Å². The number of thiocarbonyl (C=S) groups is 1. The van der Waals surface area contributed by atoms with E-state index in [1.54, 1.807) is 6.07 Å². The highest BCUT2D eigenvalue weighted by Crippen LogP contribution is 2.31. The zero-order valence-corrected chi connectivity index (χ0v) is 16.1. The van der Waals surface area contributed by atoms with Crippen LogP contribution in [0.15, 0.2) is 52.0 Å². The first-order valence-corrected chi connectivity index (χ1v) is 9.39. The minimum absolute atomic E-state index is 0.0942. The van der Waals surface area contributed by atoms with Crippen LogP contribution in [0.1, 0.15) is 40.3 Å². The number of rotatable bonds is 3. The molecule has 6 nitrogen and oxygen atoms in total. The van der Waals surface area contributed by atoms with Crippen LogP contribution in [0.25, 0.3) is 10.8 Å². The monoisotopic (exact) mass is 393 g/mol. The largest absolute Gasteiger partial charge is 0.453 e. The van der Waals surface area contributed by atoms with E-state index < -0.39 is 5.97 Å². The molecule has 28 heavy (non-hydrogen) atoms. The number of benzene rings is 2. The molecule has 0 atom stereocenters. The van der Waals surface area contributed by atoms with Crippen LogP contribution in [0.5, 0.6) is 5.75 Å². The summed E-state index contributed by atoms with van der Waals surface area (Å²) >= 11 is 4.81. The number of fused-ring (bicyclic) bond motifs is 2. The molecule has 0 amide bonds. The molecule has 4 rings (SSSR count). The molecule has 0 saturated heterocycles. The highest BCUT2D eigenvalue weighted by Gasteiger charge is 2.29. The Morgan fingerprint density at radius 1 is 1.21 bits per heavy atom. The molecular weight excluding hydrogens is 374 g/mol. The zero-order valence-electron chi connectivity index (χ0n) is 15.3. The van der Waals surface area contributed by atoms with E-state index in [0.717, 1.165) is 47.1 Å². The molecule has 0 saturated carbocycles. The minimum atomic E-state index is -0.524. The fourth-order valence-corrected chi connectivity index (χ4v) is 3.53. The molecule has 0 unspecified atom stereocenters. The van der Waals surface area contributed by atoms with Crippen molar-refractivity contribution in [2.75, 3.05) is 0 Å². The third-order valence-electron chi connectivity index (χ3n) is 4.74. The summed E-state index contributed by atoms with van der Waals surface area (Å²) in [5, 5.41) is 6.44. The van der Waals surface area contributed by atoms with E-state index in [9.17, 15) is 4.79 Å². The van der Waals surface area contributed by atoms with Gasteiger partial charge >= 0.3 is 5.97 Å². The van der Waals surface area contributed by atoms with E-state index in [2.05, 4.69) is 10.5 Å². The number of hydrogen-bond donors (Lipinski definition) is 2. The smallest absolute Gasteiger partial charge is 0.379 e. The summed E-state index contributed by atoms with van der Waals surface area (Å²) in [6.45, 7) is 1.83. The lowest BCUT2D eigenvalue weighted by molar-refractivity contribution is 0.0698. The lowest BCUT2D eigenvalue weighted by Crippen LogP contribution is -2.26. The number of hydrogen-bond acceptors (Lipinski definition) is 5. The molecule has 1 aliphatic carbocycles. The summed E-state index contributed by atoms with van der Waals surface area (Å²) in [6, 6.07) is 13.4. The van der Waals surface area contributed by atoms with Crippen LogP contribution < -0.4 is 15.9 Å². The topological polar surface area (TPSA) is 89.8 Å². The number of nitrogens with one attached hydrogen (secondary N) is 1. The molecule has 1 aliphatic rings. The summed E-state index contributed by atoms with van der Waals surface area (Å²) < 4.78 is 11.4. The molecule has 3 N–H and O–H groups in total. The Morgan fingerprint density at radius 2 is 2.00 bits per heavy atom. The van der Waals surface area contributed by atoms with Crippen molar-refractivity contribution in [3.8, 4) is 5.75 Å². The van der Waals surface area contributed by atoms with Crippen molar-refractivity contribution in [3.05, 3.63) is 65.1 Å². The van der Waals surface area contributed by atoms with Crippen molar-refractivity contribution in [1.29, 1.82) is 0 Å². The van der Waals surface area contributed by atoms with Gasteiger partial charge in [0.1, 0.15) is 11.5 Å². The van der Waals surface area contributed by atoms with Crippen molar-refractivity contribution >= 4 is 39.8 Å². The van der Waals surface area contributed by atoms with Gasteiger partial charge in [-0.15, -0.1) is 0 Å². The number of nitrogens with zero attached hydrogens (tertiary/aromatic N) is 1. The second-order valence-corrected chi connectivity index (χ2v) is 7.08. The van der Waals surface area contributed by atoms with Gasteiger partial charge in [0.25, 0.3) is 0 Å². The van der Waals surface area contributed by atoms with Crippen molar-refractivity contribution in [1.82, 2.24) is 5.43 Å². The van der Waals surface area contributed by atoms with Gasteiger partial charge < -0.3 is 14.9 Å². The maximum absolute atomic E-state index is 12.7. The number of nitrogens with two attached hydrogens (primary N) is 1. The fraction of sp³-hybridized carbons (Fsp3) is 0.190. The molecule has 3 aromatic rings. The Balaban J connectivity index is 1.63. The second kappa shape index (κ2) is 7.44. The maximum atomic E-state index is 12.7. The Kier molecular flexibility index (Phi) is 4.83. The Bertz CT molecular complexity index is 1120. The number of hydrazone groups is 1. The van der Waals surface area contributed by atoms with Crippen LogP contribution in [0, 0.1) is 6.92 Å². The van der Waals surface area contributed by atoms with Gasteiger partial charge in [-0.1, -0.05) is 30.3 Å². The third kappa shape index (κ3) is 3.48. The molecule has 7 heteroatoms. The van der Waals surface area contributed by atoms with Crippen molar-refractivity contribution < 1.29 is 13.9 Å². The first-order valence-electron chi connectivity index (χ1n) is 8.98. The van der Waals surface area contributed by atoms with Crippen molar-refractivity contribution in [3.63, 3.8) is 0 Å². The normalized spacial score (nSPS) is 14.7. The zero-order chi connectivity index (χ0) is 19.7.